The molecular weight excluding hydrogens is 284 g/mol. The first-order valence-corrected chi connectivity index (χ1v) is 7.15. The highest BCUT2D eigenvalue weighted by Gasteiger charge is 2.49. The van der Waals surface area contributed by atoms with Gasteiger partial charge in [0.2, 0.25) is 0 Å². The van der Waals surface area contributed by atoms with Crippen LogP contribution in [0.25, 0.3) is 0 Å². The van der Waals surface area contributed by atoms with Crippen molar-refractivity contribution in [1.82, 2.24) is 20.0 Å². The molecule has 1 aromatic carbocycles. The van der Waals surface area contributed by atoms with E-state index in [4.69, 9.17) is 4.74 Å². The lowest BCUT2D eigenvalue weighted by Gasteiger charge is -2.42. The summed E-state index contributed by atoms with van der Waals surface area (Å²) in [5.74, 6) is 0.632. The molecule has 2 aromatic rings. The summed E-state index contributed by atoms with van der Waals surface area (Å²) < 4.78 is 6.82. The zero-order valence-electron chi connectivity index (χ0n) is 12.1. The van der Waals surface area contributed by atoms with E-state index in [1.165, 1.54) is 6.07 Å². The Morgan fingerprint density at radius 2 is 2.00 bits per heavy atom. The quantitative estimate of drug-likeness (QED) is 0.824. The van der Waals surface area contributed by atoms with E-state index in [0.717, 1.165) is 11.3 Å². The number of amides is 1. The molecular formula is C15H16N4O3. The number of nitrogens with zero attached hydrogens (tertiary/aromatic N) is 2. The molecule has 4 rings (SSSR count). The normalized spacial score (nSPS) is 23.3. The molecule has 1 amide bonds. The summed E-state index contributed by atoms with van der Waals surface area (Å²) in [4.78, 5) is 26.1. The van der Waals surface area contributed by atoms with Crippen LogP contribution in [-0.4, -0.2) is 40.8 Å². The topological polar surface area (TPSA) is 79.4 Å². The second-order valence-electron chi connectivity index (χ2n) is 5.56. The van der Waals surface area contributed by atoms with Crippen LogP contribution >= 0.6 is 0 Å². The molecule has 0 aliphatic carbocycles. The van der Waals surface area contributed by atoms with Gasteiger partial charge < -0.3 is 9.64 Å². The van der Waals surface area contributed by atoms with Crippen molar-refractivity contribution in [2.75, 3.05) is 20.2 Å². The summed E-state index contributed by atoms with van der Waals surface area (Å²) >= 11 is 0. The van der Waals surface area contributed by atoms with Crippen molar-refractivity contribution in [2.24, 2.45) is 0 Å². The maximum atomic E-state index is 12.7. The Morgan fingerprint density at radius 3 is 2.73 bits per heavy atom. The van der Waals surface area contributed by atoms with E-state index in [1.54, 1.807) is 16.7 Å². The zero-order valence-corrected chi connectivity index (χ0v) is 12.1. The van der Waals surface area contributed by atoms with Crippen LogP contribution in [0, 0.1) is 0 Å². The number of carbonyl (C=O) groups excluding carboxylic acids is 1. The van der Waals surface area contributed by atoms with E-state index in [1.807, 2.05) is 24.3 Å². The smallest absolute Gasteiger partial charge is 0.274 e. The van der Waals surface area contributed by atoms with Gasteiger partial charge in [0.1, 0.15) is 17.1 Å². The summed E-state index contributed by atoms with van der Waals surface area (Å²) in [7, 11) is 1.62. The number of nitrogens with one attached hydrogen (secondary N) is 2. The van der Waals surface area contributed by atoms with Gasteiger partial charge in [-0.15, -0.1) is 0 Å². The van der Waals surface area contributed by atoms with Gasteiger partial charge in [-0.1, -0.05) is 12.1 Å². The third-order valence-corrected chi connectivity index (χ3v) is 4.44. The summed E-state index contributed by atoms with van der Waals surface area (Å²) in [6, 6.07) is 9.01. The molecule has 2 aliphatic rings. The van der Waals surface area contributed by atoms with Gasteiger partial charge in [0.25, 0.3) is 11.5 Å². The number of H-pyrrole nitrogens is 1. The van der Waals surface area contributed by atoms with Crippen LogP contribution in [-0.2, 0) is 12.2 Å². The minimum Gasteiger partial charge on any atom is -0.497 e. The molecule has 0 saturated carbocycles. The van der Waals surface area contributed by atoms with Gasteiger partial charge in [0, 0.05) is 19.2 Å². The molecule has 2 aliphatic heterocycles. The molecule has 1 unspecified atom stereocenters. The number of hydrogen-bond acceptors (Lipinski definition) is 4. The predicted octanol–water partition coefficient (Wildman–Crippen LogP) is 0.0970. The second-order valence-corrected chi connectivity index (χ2v) is 5.56. The lowest BCUT2D eigenvalue weighted by Crippen LogP contribution is -2.57. The van der Waals surface area contributed by atoms with E-state index in [9.17, 15) is 9.59 Å². The van der Waals surface area contributed by atoms with Crippen molar-refractivity contribution in [3.05, 3.63) is 51.9 Å². The van der Waals surface area contributed by atoms with Crippen LogP contribution in [0.4, 0.5) is 0 Å². The van der Waals surface area contributed by atoms with Crippen LogP contribution in [0.2, 0.25) is 0 Å². The average molecular weight is 300 g/mol. The van der Waals surface area contributed by atoms with Gasteiger partial charge in [-0.05, 0) is 17.7 Å². The van der Waals surface area contributed by atoms with Gasteiger partial charge >= 0.3 is 0 Å². The molecule has 0 radical (unpaired) electrons. The van der Waals surface area contributed by atoms with E-state index >= 15 is 0 Å². The maximum Gasteiger partial charge on any atom is 0.274 e. The number of aromatic amines is 1. The fraction of sp³-hybridized carbons (Fsp3) is 0.333. The maximum absolute atomic E-state index is 12.7. The van der Waals surface area contributed by atoms with E-state index in [2.05, 4.69) is 10.4 Å². The number of aromatic nitrogens is 2. The van der Waals surface area contributed by atoms with Crippen LogP contribution < -0.4 is 15.6 Å². The zero-order chi connectivity index (χ0) is 15.3. The van der Waals surface area contributed by atoms with E-state index < -0.39 is 5.66 Å². The minimum absolute atomic E-state index is 0.134. The molecule has 7 nitrogen and oxygen atoms in total. The molecule has 0 bridgehead atoms. The SMILES string of the molecule is COc1ccc(C23Cn4[nH]c(=O)cc4C(=O)N2CCN3)cc1. The van der Waals surface area contributed by atoms with E-state index in [-0.39, 0.29) is 11.5 Å². The Hall–Kier alpha value is -2.54. The molecule has 1 saturated heterocycles. The van der Waals surface area contributed by atoms with Crippen LogP contribution in [0.15, 0.2) is 35.1 Å². The number of fused-ring (bicyclic) bond motifs is 2. The van der Waals surface area contributed by atoms with Crippen molar-refractivity contribution in [3.8, 4) is 5.75 Å². The summed E-state index contributed by atoms with van der Waals surface area (Å²) in [5.41, 5.74) is 0.504. The molecule has 1 atom stereocenters. The Morgan fingerprint density at radius 1 is 1.23 bits per heavy atom. The van der Waals surface area contributed by atoms with Crippen LogP contribution in [0.5, 0.6) is 5.75 Å². The lowest BCUT2D eigenvalue weighted by molar-refractivity contribution is 0.0375. The Labute approximate surface area is 126 Å². The number of benzene rings is 1. The number of hydrogen-bond donors (Lipinski definition) is 2. The third kappa shape index (κ3) is 1.66. The fourth-order valence-electron chi connectivity index (χ4n) is 3.39. The van der Waals surface area contributed by atoms with Gasteiger partial charge in [0.15, 0.2) is 0 Å². The lowest BCUT2D eigenvalue weighted by atomic mass is 9.96. The first-order chi connectivity index (χ1) is 10.6. The van der Waals surface area contributed by atoms with E-state index in [0.29, 0.717) is 25.3 Å². The summed E-state index contributed by atoms with van der Waals surface area (Å²) in [5, 5.41) is 6.13. The molecule has 1 fully saturated rings. The molecule has 2 N–H and O–H groups in total. The monoisotopic (exact) mass is 300 g/mol. The molecule has 7 heteroatoms. The Kier molecular flexibility index (Phi) is 2.67. The number of methoxy groups -OCH3 is 1. The number of carbonyl (C=O) groups is 1. The third-order valence-electron chi connectivity index (χ3n) is 4.44. The second kappa shape index (κ2) is 4.48. The predicted molar refractivity (Wildman–Crippen MR) is 78.8 cm³/mol. The van der Waals surface area contributed by atoms with Crippen molar-refractivity contribution < 1.29 is 9.53 Å². The van der Waals surface area contributed by atoms with Crippen molar-refractivity contribution in [1.29, 1.82) is 0 Å². The Balaban J connectivity index is 1.84. The fourth-order valence-corrected chi connectivity index (χ4v) is 3.39. The van der Waals surface area contributed by atoms with Crippen molar-refractivity contribution in [2.45, 2.75) is 12.2 Å². The number of ether oxygens (including phenoxy) is 1. The highest BCUT2D eigenvalue weighted by molar-refractivity contribution is 5.94. The Bertz CT molecular complexity index is 792. The van der Waals surface area contributed by atoms with Crippen molar-refractivity contribution >= 4 is 5.91 Å². The van der Waals surface area contributed by atoms with Gasteiger partial charge in [-0.3, -0.25) is 24.7 Å². The first kappa shape index (κ1) is 13.1. The highest BCUT2D eigenvalue weighted by atomic mass is 16.5. The molecule has 0 spiro atoms. The van der Waals surface area contributed by atoms with Crippen LogP contribution in [0.3, 0.4) is 0 Å². The minimum atomic E-state index is -0.627. The highest BCUT2D eigenvalue weighted by Crippen LogP contribution is 2.36. The van der Waals surface area contributed by atoms with Gasteiger partial charge in [0.05, 0.1) is 13.7 Å². The molecule has 114 valence electrons. The van der Waals surface area contributed by atoms with Gasteiger partial charge in [-0.2, -0.15) is 0 Å². The number of rotatable bonds is 2. The van der Waals surface area contributed by atoms with Crippen LogP contribution in [0.1, 0.15) is 16.1 Å². The largest absolute Gasteiger partial charge is 0.497 e. The summed E-state index contributed by atoms with van der Waals surface area (Å²) in [6.07, 6.45) is 0. The molecule has 1 aromatic heterocycles. The molecule has 3 heterocycles. The molecule has 22 heavy (non-hydrogen) atoms. The summed E-state index contributed by atoms with van der Waals surface area (Å²) in [6.45, 7) is 1.81. The van der Waals surface area contributed by atoms with Gasteiger partial charge in [-0.25, -0.2) is 0 Å². The average Bonchev–Trinajstić information content (AvgIpc) is 3.12. The van der Waals surface area contributed by atoms with Crippen molar-refractivity contribution in [3.63, 3.8) is 0 Å². The first-order valence-electron chi connectivity index (χ1n) is 7.15. The standard InChI is InChI=1S/C15H16N4O3/c1-22-11-4-2-10(3-5-11)15-9-19-12(8-13(20)17-19)14(21)18(15)7-6-16-15/h2-5,8,16H,6-7,9H2,1H3,(H,17,20).